The van der Waals surface area contributed by atoms with Gasteiger partial charge in [0, 0.05) is 6.42 Å². The Morgan fingerprint density at radius 3 is 2.33 bits per heavy atom. The van der Waals surface area contributed by atoms with Crippen molar-refractivity contribution in [3.05, 3.63) is 0 Å². The van der Waals surface area contributed by atoms with Crippen molar-refractivity contribution in [1.82, 2.24) is 0 Å². The highest BCUT2D eigenvalue weighted by Gasteiger charge is 2.10. The largest absolute Gasteiger partial charge is 0.870 e. The van der Waals surface area contributed by atoms with Crippen molar-refractivity contribution in [2.45, 2.75) is 18.9 Å². The van der Waals surface area contributed by atoms with Crippen molar-refractivity contribution in [2.24, 2.45) is 0 Å². The van der Waals surface area contributed by atoms with Gasteiger partial charge in [-0.05, 0) is 0 Å². The first-order valence-electron chi connectivity index (χ1n) is 3.71. The lowest BCUT2D eigenvalue weighted by atomic mass is 10.2. The zero-order chi connectivity index (χ0) is 8.85. The molecule has 74 valence electrons. The van der Waals surface area contributed by atoms with Crippen LogP contribution in [0.3, 0.4) is 0 Å². The van der Waals surface area contributed by atoms with Gasteiger partial charge in [0.2, 0.25) is 0 Å². The van der Waals surface area contributed by atoms with Crippen LogP contribution in [-0.2, 0) is 4.79 Å². The Hall–Kier alpha value is -0.650. The fraction of sp³-hybridized carbons (Fsp3) is 0.857. The van der Waals surface area contributed by atoms with E-state index in [4.69, 9.17) is 10.2 Å². The number of hydrogen-bond donors (Lipinski definition) is 3. The Labute approximate surface area is 71.9 Å². The van der Waals surface area contributed by atoms with Crippen molar-refractivity contribution < 1.29 is 25.4 Å². The quantitative estimate of drug-likeness (QED) is 0.463. The smallest absolute Gasteiger partial charge is 0.305 e. The lowest BCUT2D eigenvalue weighted by Gasteiger charge is -2.10. The van der Waals surface area contributed by atoms with Crippen molar-refractivity contribution in [1.29, 1.82) is 0 Å². The first-order valence-corrected chi connectivity index (χ1v) is 3.71. The normalized spacial score (nSPS) is 12.3. The van der Waals surface area contributed by atoms with Crippen LogP contribution >= 0.6 is 0 Å². The van der Waals surface area contributed by atoms with Crippen LogP contribution < -0.4 is 4.90 Å². The number of hydrogen-bond acceptors (Lipinski definition) is 3. The Bertz CT molecular complexity index is 127. The molecular weight excluding hydrogens is 162 g/mol. The van der Waals surface area contributed by atoms with E-state index < -0.39 is 12.1 Å². The summed E-state index contributed by atoms with van der Waals surface area (Å²) in [5, 5.41) is 17.4. The summed E-state index contributed by atoms with van der Waals surface area (Å²) in [7, 11) is 3.93. The Kier molecular flexibility index (Phi) is 8.14. The van der Waals surface area contributed by atoms with E-state index >= 15 is 0 Å². The maximum atomic E-state index is 10.1. The summed E-state index contributed by atoms with van der Waals surface area (Å²) in [4.78, 5) is 11.3. The molecule has 4 N–H and O–H groups in total. The standard InChI is InChI=1S/C7H15NO3.H2O/c1-8(2)4-3-6(9)5-7(10)11;/h6,9H,3-5H2,1-2H3,(H,10,11);1H2. The summed E-state index contributed by atoms with van der Waals surface area (Å²) in [6.45, 7) is 0.800. The van der Waals surface area contributed by atoms with Gasteiger partial charge in [0.1, 0.15) is 0 Å². The third kappa shape index (κ3) is 9.35. The number of quaternary nitrogens is 1. The van der Waals surface area contributed by atoms with Crippen molar-refractivity contribution in [3.63, 3.8) is 0 Å². The second kappa shape index (κ2) is 7.02. The first-order chi connectivity index (χ1) is 5.02. The van der Waals surface area contributed by atoms with E-state index in [-0.39, 0.29) is 11.9 Å². The molecule has 5 heteroatoms. The molecule has 0 aromatic carbocycles. The minimum Gasteiger partial charge on any atom is -0.870 e. The minimum atomic E-state index is -0.939. The third-order valence-corrected chi connectivity index (χ3v) is 1.39. The number of carboxylic acid groups (broad SMARTS) is 1. The van der Waals surface area contributed by atoms with Gasteiger partial charge in [0.25, 0.3) is 0 Å². The lowest BCUT2D eigenvalue weighted by molar-refractivity contribution is -0.858. The lowest BCUT2D eigenvalue weighted by Crippen LogP contribution is -3.05. The molecule has 0 aliphatic carbocycles. The van der Waals surface area contributed by atoms with Gasteiger partial charge in [0.05, 0.1) is 33.2 Å². The van der Waals surface area contributed by atoms with E-state index in [0.717, 1.165) is 6.54 Å². The second-order valence-electron chi connectivity index (χ2n) is 3.00. The molecule has 0 aromatic heterocycles. The van der Waals surface area contributed by atoms with E-state index in [2.05, 4.69) is 0 Å². The maximum absolute atomic E-state index is 10.1. The number of aliphatic carboxylic acids is 1. The number of nitrogens with one attached hydrogen (secondary N) is 1. The molecule has 12 heavy (non-hydrogen) atoms. The Balaban J connectivity index is 0. The number of rotatable bonds is 5. The molecule has 0 bridgehead atoms. The highest BCUT2D eigenvalue weighted by molar-refractivity contribution is 5.67. The van der Waals surface area contributed by atoms with E-state index in [1.807, 2.05) is 14.1 Å². The van der Waals surface area contributed by atoms with Crippen LogP contribution in [0.1, 0.15) is 12.8 Å². The molecule has 1 unspecified atom stereocenters. The molecule has 1 atom stereocenters. The highest BCUT2D eigenvalue weighted by atomic mass is 16.4. The van der Waals surface area contributed by atoms with E-state index in [0.29, 0.717) is 6.42 Å². The molecule has 5 nitrogen and oxygen atoms in total. The van der Waals surface area contributed by atoms with Gasteiger partial charge in [-0.3, -0.25) is 4.79 Å². The highest BCUT2D eigenvalue weighted by Crippen LogP contribution is 1.94. The predicted molar refractivity (Wildman–Crippen MR) is 42.5 cm³/mol. The average molecular weight is 179 g/mol. The number of aliphatic hydroxyl groups excluding tert-OH is 1. The Morgan fingerprint density at radius 2 is 2.00 bits per heavy atom. The van der Waals surface area contributed by atoms with Crippen LogP contribution in [0.25, 0.3) is 0 Å². The van der Waals surface area contributed by atoms with Gasteiger partial charge in [0.15, 0.2) is 0 Å². The summed E-state index contributed by atoms with van der Waals surface area (Å²) in [5.74, 6) is -0.939. The molecular formula is C7H17NO4. The summed E-state index contributed by atoms with van der Waals surface area (Å²) >= 11 is 0. The zero-order valence-corrected chi connectivity index (χ0v) is 7.45. The molecule has 0 saturated heterocycles. The van der Waals surface area contributed by atoms with Crippen LogP contribution in [0.15, 0.2) is 0 Å². The number of aliphatic hydroxyl groups is 1. The monoisotopic (exact) mass is 179 g/mol. The number of carboxylic acids is 1. The molecule has 0 aromatic rings. The summed E-state index contributed by atoms with van der Waals surface area (Å²) < 4.78 is 0. The molecule has 0 heterocycles. The van der Waals surface area contributed by atoms with Crippen LogP contribution in [-0.4, -0.2) is 48.4 Å². The molecule has 0 saturated carbocycles. The zero-order valence-electron chi connectivity index (χ0n) is 7.45. The molecule has 0 radical (unpaired) electrons. The van der Waals surface area contributed by atoms with Gasteiger partial charge in [-0.2, -0.15) is 0 Å². The number of carbonyl (C=O) groups is 1. The maximum Gasteiger partial charge on any atom is 0.305 e. The topological polar surface area (TPSA) is 92.0 Å². The van der Waals surface area contributed by atoms with Gasteiger partial charge in [-0.1, -0.05) is 0 Å². The summed E-state index contributed by atoms with van der Waals surface area (Å²) in [5.41, 5.74) is 0. The molecule has 0 rings (SSSR count). The summed E-state index contributed by atoms with van der Waals surface area (Å²) in [6.07, 6.45) is -0.288. The molecule has 0 aliphatic heterocycles. The van der Waals surface area contributed by atoms with Crippen LogP contribution in [0.5, 0.6) is 0 Å². The van der Waals surface area contributed by atoms with Crippen LogP contribution in [0.2, 0.25) is 0 Å². The van der Waals surface area contributed by atoms with Crippen LogP contribution in [0, 0.1) is 0 Å². The van der Waals surface area contributed by atoms with E-state index in [1.165, 1.54) is 4.90 Å². The van der Waals surface area contributed by atoms with Gasteiger partial charge in [-0.15, -0.1) is 0 Å². The molecule has 0 amide bonds. The summed E-state index contributed by atoms with van der Waals surface area (Å²) in [6, 6.07) is 0. The predicted octanol–water partition coefficient (Wildman–Crippen LogP) is -1.82. The van der Waals surface area contributed by atoms with Crippen molar-refractivity contribution >= 4 is 5.97 Å². The van der Waals surface area contributed by atoms with Gasteiger partial charge >= 0.3 is 5.97 Å². The van der Waals surface area contributed by atoms with Gasteiger partial charge < -0.3 is 20.6 Å². The van der Waals surface area contributed by atoms with Gasteiger partial charge in [-0.25, -0.2) is 0 Å². The van der Waals surface area contributed by atoms with E-state index in [1.54, 1.807) is 0 Å². The molecule has 0 spiro atoms. The Morgan fingerprint density at radius 1 is 1.50 bits per heavy atom. The van der Waals surface area contributed by atoms with Crippen molar-refractivity contribution in [3.8, 4) is 0 Å². The van der Waals surface area contributed by atoms with Crippen molar-refractivity contribution in [2.75, 3.05) is 20.6 Å². The SMILES string of the molecule is C[NH+](C)CCC(O)CC(=O)O.[OH-]. The minimum absolute atomic E-state index is 0. The molecule has 0 fully saturated rings. The second-order valence-corrected chi connectivity index (χ2v) is 3.00. The van der Waals surface area contributed by atoms with E-state index in [9.17, 15) is 4.79 Å². The fourth-order valence-corrected chi connectivity index (χ4v) is 0.759. The average Bonchev–Trinajstić information content (AvgIpc) is 1.82. The van der Waals surface area contributed by atoms with Crippen LogP contribution in [0.4, 0.5) is 0 Å². The first kappa shape index (κ1) is 13.9. The third-order valence-electron chi connectivity index (χ3n) is 1.39. The fourth-order valence-electron chi connectivity index (χ4n) is 0.759. The molecule has 0 aliphatic rings.